The van der Waals surface area contributed by atoms with Gasteiger partial charge in [-0.1, -0.05) is 0 Å². The topological polar surface area (TPSA) is 134 Å². The summed E-state index contributed by atoms with van der Waals surface area (Å²) < 4.78 is 77.1. The molecule has 0 spiro atoms. The molecule has 38 heavy (non-hydrogen) atoms. The largest absolute Gasteiger partial charge is 0.490 e. The lowest BCUT2D eigenvalue weighted by Crippen LogP contribution is -2.43. The van der Waals surface area contributed by atoms with Gasteiger partial charge in [0.25, 0.3) is 0 Å². The highest BCUT2D eigenvalue weighted by Gasteiger charge is 2.40. The Morgan fingerprint density at radius 1 is 1.08 bits per heavy atom. The summed E-state index contributed by atoms with van der Waals surface area (Å²) in [4.78, 5) is 33.4. The molecule has 2 fully saturated rings. The molecule has 0 aliphatic carbocycles. The first kappa shape index (κ1) is 33.1. The number of amides is 1. The lowest BCUT2D eigenvalue weighted by atomic mass is 9.99. The standard InChI is InChI=1S/C17H28N4O3.2C2HF3O2/c1-19(2)17(22)12-23-11-14-4-5-15-16(24-14)6-7-21(15)10-13-8-18-20(3)9-13;2*3-2(4,5)1(6)7/h8-9,14-16H,4-7,10-12H2,1-3H3;2*(H,6,7)/t14-,15-,16-;;/m0../s1. The third-order valence-corrected chi connectivity index (χ3v) is 5.41. The number of carboxylic acids is 2. The molecule has 218 valence electrons. The summed E-state index contributed by atoms with van der Waals surface area (Å²) in [6, 6.07) is 0.491. The molecule has 3 rings (SSSR count). The number of nitrogens with zero attached hydrogens (tertiary/aromatic N) is 4. The summed E-state index contributed by atoms with van der Waals surface area (Å²) in [6.45, 7) is 2.65. The maximum atomic E-state index is 11.5. The van der Waals surface area contributed by atoms with E-state index in [4.69, 9.17) is 29.3 Å². The van der Waals surface area contributed by atoms with Crippen LogP contribution in [0.4, 0.5) is 26.3 Å². The maximum Gasteiger partial charge on any atom is 0.490 e. The number of likely N-dealkylation sites (N-methyl/N-ethyl adjacent to an activating group) is 1. The number of ether oxygens (including phenoxy) is 2. The van der Waals surface area contributed by atoms with Gasteiger partial charge >= 0.3 is 24.3 Å². The van der Waals surface area contributed by atoms with Crippen LogP contribution in [0.15, 0.2) is 12.4 Å². The number of hydrogen-bond donors (Lipinski definition) is 2. The zero-order chi connectivity index (χ0) is 29.3. The number of carbonyl (C=O) groups is 3. The minimum Gasteiger partial charge on any atom is -0.475 e. The molecule has 2 saturated heterocycles. The van der Waals surface area contributed by atoms with Crippen LogP contribution in [0.5, 0.6) is 0 Å². The van der Waals surface area contributed by atoms with Gasteiger partial charge in [-0.05, 0) is 19.3 Å². The molecule has 1 aromatic rings. The van der Waals surface area contributed by atoms with Gasteiger partial charge in [0.1, 0.15) is 6.61 Å². The Labute approximate surface area is 213 Å². The Hall–Kier alpha value is -2.92. The predicted molar refractivity (Wildman–Crippen MR) is 117 cm³/mol. The summed E-state index contributed by atoms with van der Waals surface area (Å²) in [5.41, 5.74) is 1.26. The molecule has 2 N–H and O–H groups in total. The quantitative estimate of drug-likeness (QED) is 0.497. The summed E-state index contributed by atoms with van der Waals surface area (Å²) in [5.74, 6) is -5.52. The Morgan fingerprint density at radius 2 is 1.63 bits per heavy atom. The summed E-state index contributed by atoms with van der Waals surface area (Å²) in [7, 11) is 5.43. The molecule has 2 aliphatic heterocycles. The number of rotatable bonds is 6. The Bertz CT molecular complexity index is 899. The highest BCUT2D eigenvalue weighted by Crippen LogP contribution is 2.32. The van der Waals surface area contributed by atoms with Crippen molar-refractivity contribution in [2.45, 2.75) is 56.4 Å². The summed E-state index contributed by atoms with van der Waals surface area (Å²) in [6.07, 6.45) is -2.57. The average molecular weight is 564 g/mol. The summed E-state index contributed by atoms with van der Waals surface area (Å²) in [5, 5.41) is 18.5. The Balaban J connectivity index is 0.000000426. The van der Waals surface area contributed by atoms with Crippen LogP contribution in [0.3, 0.4) is 0 Å². The molecule has 11 nitrogen and oxygen atoms in total. The van der Waals surface area contributed by atoms with Crippen LogP contribution in [0.1, 0.15) is 24.8 Å². The van der Waals surface area contributed by atoms with Gasteiger partial charge in [0, 0.05) is 52.0 Å². The van der Waals surface area contributed by atoms with Gasteiger partial charge in [-0.25, -0.2) is 9.59 Å². The smallest absolute Gasteiger partial charge is 0.475 e. The Kier molecular flexibility index (Phi) is 12.5. The number of alkyl halides is 6. The summed E-state index contributed by atoms with van der Waals surface area (Å²) >= 11 is 0. The number of aromatic nitrogens is 2. The molecule has 3 heterocycles. The van der Waals surface area contributed by atoms with Crippen LogP contribution < -0.4 is 0 Å². The van der Waals surface area contributed by atoms with Crippen LogP contribution in [0, 0.1) is 0 Å². The molecule has 0 saturated carbocycles. The number of carbonyl (C=O) groups excluding carboxylic acids is 1. The van der Waals surface area contributed by atoms with Gasteiger partial charge in [-0.3, -0.25) is 14.4 Å². The fraction of sp³-hybridized carbons (Fsp3) is 0.714. The predicted octanol–water partition coefficient (Wildman–Crippen LogP) is 1.91. The van der Waals surface area contributed by atoms with Crippen molar-refractivity contribution < 1.29 is 60.4 Å². The third-order valence-electron chi connectivity index (χ3n) is 5.41. The van der Waals surface area contributed by atoms with E-state index in [0.717, 1.165) is 32.4 Å². The second kappa shape index (κ2) is 14.3. The van der Waals surface area contributed by atoms with Gasteiger partial charge in [-0.2, -0.15) is 31.4 Å². The number of aryl methyl sites for hydroxylation is 1. The van der Waals surface area contributed by atoms with Crippen molar-refractivity contribution in [2.24, 2.45) is 7.05 Å². The molecule has 0 aromatic carbocycles. The van der Waals surface area contributed by atoms with Gasteiger partial charge in [-0.15, -0.1) is 0 Å². The molecular weight excluding hydrogens is 534 g/mol. The average Bonchev–Trinajstić information content (AvgIpc) is 3.38. The van der Waals surface area contributed by atoms with Crippen molar-refractivity contribution in [3.8, 4) is 0 Å². The fourth-order valence-corrected chi connectivity index (χ4v) is 3.60. The van der Waals surface area contributed by atoms with E-state index in [2.05, 4.69) is 16.2 Å². The minimum absolute atomic E-state index is 0.00722. The molecule has 1 aromatic heterocycles. The van der Waals surface area contributed by atoms with E-state index in [0.29, 0.717) is 12.6 Å². The number of aliphatic carboxylic acids is 2. The third kappa shape index (κ3) is 11.6. The first-order valence-corrected chi connectivity index (χ1v) is 11.2. The number of likely N-dealkylation sites (tertiary alicyclic amines) is 1. The normalized spacial score (nSPS) is 21.3. The van der Waals surface area contributed by atoms with E-state index < -0.39 is 24.3 Å². The van der Waals surface area contributed by atoms with E-state index in [9.17, 15) is 31.1 Å². The zero-order valence-corrected chi connectivity index (χ0v) is 20.8. The monoisotopic (exact) mass is 564 g/mol. The van der Waals surface area contributed by atoms with Gasteiger partial charge < -0.3 is 24.6 Å². The van der Waals surface area contributed by atoms with Crippen molar-refractivity contribution in [1.29, 1.82) is 0 Å². The van der Waals surface area contributed by atoms with Crippen molar-refractivity contribution in [2.75, 3.05) is 33.9 Å². The van der Waals surface area contributed by atoms with Crippen molar-refractivity contribution in [3.63, 3.8) is 0 Å². The van der Waals surface area contributed by atoms with E-state index in [-0.39, 0.29) is 24.7 Å². The van der Waals surface area contributed by atoms with E-state index in [1.165, 1.54) is 5.56 Å². The van der Waals surface area contributed by atoms with E-state index in [1.807, 2.05) is 17.9 Å². The molecule has 1 amide bonds. The first-order valence-electron chi connectivity index (χ1n) is 11.2. The van der Waals surface area contributed by atoms with Crippen LogP contribution in [0.2, 0.25) is 0 Å². The van der Waals surface area contributed by atoms with Crippen LogP contribution >= 0.6 is 0 Å². The van der Waals surface area contributed by atoms with Gasteiger partial charge in [0.2, 0.25) is 5.91 Å². The van der Waals surface area contributed by atoms with Gasteiger partial charge in [0.15, 0.2) is 0 Å². The highest BCUT2D eigenvalue weighted by atomic mass is 19.4. The van der Waals surface area contributed by atoms with Crippen molar-refractivity contribution in [3.05, 3.63) is 18.0 Å². The highest BCUT2D eigenvalue weighted by molar-refractivity contribution is 5.76. The Morgan fingerprint density at radius 3 is 2.08 bits per heavy atom. The molecule has 2 aliphatic rings. The van der Waals surface area contributed by atoms with Crippen LogP contribution in [-0.4, -0.2) is 112 Å². The van der Waals surface area contributed by atoms with E-state index in [1.54, 1.807) is 19.0 Å². The lowest BCUT2D eigenvalue weighted by Gasteiger charge is -2.35. The maximum absolute atomic E-state index is 11.5. The van der Waals surface area contributed by atoms with Gasteiger partial charge in [0.05, 0.1) is 25.0 Å². The SMILES string of the molecule is CN(C)C(=O)COC[C@@H]1CC[C@H]2[C@H](CCN2Cc2cnn(C)c2)O1.O=C(O)C(F)(F)F.O=C(O)C(F)(F)F. The second-order valence-electron chi connectivity index (χ2n) is 8.63. The number of fused-ring (bicyclic) bond motifs is 1. The molecule has 0 radical (unpaired) electrons. The minimum atomic E-state index is -5.08. The van der Waals surface area contributed by atoms with E-state index >= 15 is 0 Å². The zero-order valence-electron chi connectivity index (χ0n) is 20.8. The molecule has 3 atom stereocenters. The van der Waals surface area contributed by atoms with Crippen molar-refractivity contribution >= 4 is 17.8 Å². The number of halogens is 6. The molecule has 0 bridgehead atoms. The van der Waals surface area contributed by atoms with Crippen LogP contribution in [-0.2, 0) is 37.4 Å². The number of hydrogen-bond acceptors (Lipinski definition) is 7. The molecule has 17 heteroatoms. The molecule has 0 unspecified atom stereocenters. The fourth-order valence-electron chi connectivity index (χ4n) is 3.60. The van der Waals surface area contributed by atoms with Crippen LogP contribution in [0.25, 0.3) is 0 Å². The number of carboxylic acid groups (broad SMARTS) is 2. The lowest BCUT2D eigenvalue weighted by molar-refractivity contribution is -0.193. The molecular formula is C21H30F6N4O7. The second-order valence-corrected chi connectivity index (χ2v) is 8.63. The van der Waals surface area contributed by atoms with Crippen molar-refractivity contribution in [1.82, 2.24) is 19.6 Å². The first-order chi connectivity index (χ1) is 17.4.